The first kappa shape index (κ1) is 31.6. The second-order valence-electron chi connectivity index (χ2n) is 8.96. The van der Waals surface area contributed by atoms with Gasteiger partial charge < -0.3 is 24.1 Å². The molecule has 11 nitrogen and oxygen atoms in total. The van der Waals surface area contributed by atoms with Crippen LogP contribution < -0.4 is 0 Å². The van der Waals surface area contributed by atoms with Gasteiger partial charge >= 0.3 is 33.5 Å². The van der Waals surface area contributed by atoms with Crippen molar-refractivity contribution in [1.82, 2.24) is 0 Å². The van der Waals surface area contributed by atoms with Crippen molar-refractivity contribution in [2.45, 2.75) is 36.2 Å². The van der Waals surface area contributed by atoms with E-state index in [1.54, 1.807) is 18.2 Å². The minimum Gasteiger partial charge on any atom is -0.452 e. The lowest BCUT2D eigenvalue weighted by atomic mass is 9.98. The highest BCUT2D eigenvalue weighted by atomic mass is 32.2. The van der Waals surface area contributed by atoms with Crippen LogP contribution >= 0.6 is 0 Å². The molecule has 3 aromatic carbocycles. The van der Waals surface area contributed by atoms with Crippen LogP contribution in [0.25, 0.3) is 0 Å². The summed E-state index contributed by atoms with van der Waals surface area (Å²) < 4.78 is 87.9. The molecule has 1 N–H and O–H groups in total. The Morgan fingerprint density at radius 1 is 0.674 bits per heavy atom. The van der Waals surface area contributed by atoms with E-state index in [2.05, 4.69) is 4.18 Å². The van der Waals surface area contributed by atoms with Crippen LogP contribution in [0.1, 0.15) is 31.1 Å². The number of hydrogen-bond donors (Lipinski definition) is 1. The van der Waals surface area contributed by atoms with Gasteiger partial charge in [-0.15, -0.1) is 0 Å². The molecule has 228 valence electrons. The Morgan fingerprint density at radius 2 is 1.05 bits per heavy atom. The Balaban J connectivity index is 1.72. The molecule has 0 aliphatic carbocycles. The van der Waals surface area contributed by atoms with Gasteiger partial charge in [0, 0.05) is 0 Å². The van der Waals surface area contributed by atoms with Gasteiger partial charge in [-0.3, -0.25) is 4.18 Å². The zero-order chi connectivity index (χ0) is 31.2. The summed E-state index contributed by atoms with van der Waals surface area (Å²) in [6.07, 6.45) is -9.99. The van der Waals surface area contributed by atoms with Gasteiger partial charge in [0.15, 0.2) is 24.6 Å². The van der Waals surface area contributed by atoms with Gasteiger partial charge in [0.05, 0.1) is 23.3 Å². The predicted octanol–water partition coefficient (Wildman–Crippen LogP) is 3.25. The maximum atomic E-state index is 13.1. The smallest absolute Gasteiger partial charge is 0.452 e. The third kappa shape index (κ3) is 7.75. The molecule has 4 rings (SSSR count). The average Bonchev–Trinajstić information content (AvgIpc) is 2.99. The van der Waals surface area contributed by atoms with Gasteiger partial charge in [-0.1, -0.05) is 54.6 Å². The van der Waals surface area contributed by atoms with Crippen molar-refractivity contribution in [3.8, 4) is 0 Å². The average molecular weight is 625 g/mol. The molecule has 5 atom stereocenters. The molecule has 1 heterocycles. The fourth-order valence-corrected chi connectivity index (χ4v) is 4.40. The van der Waals surface area contributed by atoms with Gasteiger partial charge in [-0.25, -0.2) is 14.4 Å². The van der Waals surface area contributed by atoms with Crippen molar-refractivity contribution in [3.63, 3.8) is 0 Å². The number of hydrogen-bond acceptors (Lipinski definition) is 11. The van der Waals surface area contributed by atoms with Crippen LogP contribution in [-0.4, -0.2) is 74.3 Å². The number of carbonyl (C=O) groups excluding carboxylic acids is 3. The summed E-state index contributed by atoms with van der Waals surface area (Å²) in [6.45, 7) is -1.44. The van der Waals surface area contributed by atoms with E-state index in [9.17, 15) is 41.1 Å². The number of carbonyl (C=O) groups is 3. The van der Waals surface area contributed by atoms with E-state index in [0.29, 0.717) is 0 Å². The van der Waals surface area contributed by atoms with Crippen LogP contribution in [0.3, 0.4) is 0 Å². The van der Waals surface area contributed by atoms with Crippen molar-refractivity contribution in [3.05, 3.63) is 108 Å². The molecule has 1 fully saturated rings. The van der Waals surface area contributed by atoms with E-state index in [1.165, 1.54) is 72.8 Å². The summed E-state index contributed by atoms with van der Waals surface area (Å²) in [5.41, 5.74) is -5.90. The number of aliphatic hydroxyl groups is 1. The number of alkyl halides is 3. The summed E-state index contributed by atoms with van der Waals surface area (Å²) in [4.78, 5) is 39.0. The molecule has 1 aliphatic rings. The summed E-state index contributed by atoms with van der Waals surface area (Å²) in [7, 11) is -6.17. The third-order valence-electron chi connectivity index (χ3n) is 6.04. The highest BCUT2D eigenvalue weighted by Crippen LogP contribution is 2.32. The largest absolute Gasteiger partial charge is 0.523 e. The summed E-state index contributed by atoms with van der Waals surface area (Å²) in [6, 6.07) is 21.9. The van der Waals surface area contributed by atoms with Gasteiger partial charge in [-0.05, 0) is 36.4 Å². The van der Waals surface area contributed by atoms with Crippen LogP contribution in [-0.2, 0) is 33.2 Å². The Kier molecular flexibility index (Phi) is 9.80. The first-order valence-electron chi connectivity index (χ1n) is 12.4. The van der Waals surface area contributed by atoms with Gasteiger partial charge in [-0.2, -0.15) is 21.6 Å². The maximum absolute atomic E-state index is 13.1. The summed E-state index contributed by atoms with van der Waals surface area (Å²) in [5.74, 6) is -3.19. The molecule has 0 unspecified atom stereocenters. The Morgan fingerprint density at radius 3 is 1.44 bits per heavy atom. The maximum Gasteiger partial charge on any atom is 0.523 e. The zero-order valence-electron chi connectivity index (χ0n) is 21.8. The molecule has 0 radical (unpaired) electrons. The SMILES string of the molecule is O=C(O[C@H]1[C@@H](OC(=O)c2ccccc2)[C@H](O)O[C@H](COS(=O)(=O)C(F)(F)F)[C@H]1OC(=O)c1ccccc1)c1ccccc1. The molecule has 43 heavy (non-hydrogen) atoms. The van der Waals surface area contributed by atoms with Crippen LogP contribution in [0.15, 0.2) is 91.0 Å². The minimum atomic E-state index is -6.17. The van der Waals surface area contributed by atoms with E-state index < -0.39 is 70.8 Å². The van der Waals surface area contributed by atoms with Crippen molar-refractivity contribution in [1.29, 1.82) is 0 Å². The van der Waals surface area contributed by atoms with E-state index in [-0.39, 0.29) is 16.7 Å². The molecule has 0 spiro atoms. The lowest BCUT2D eigenvalue weighted by Gasteiger charge is -2.42. The third-order valence-corrected chi connectivity index (χ3v) is 7.05. The Labute approximate surface area is 242 Å². The highest BCUT2D eigenvalue weighted by molar-refractivity contribution is 7.87. The van der Waals surface area contributed by atoms with Gasteiger partial charge in [0.1, 0.15) is 6.10 Å². The normalized spacial score (nSPS) is 22.3. The molecular formula is C28H23F3O11S. The lowest BCUT2D eigenvalue weighted by molar-refractivity contribution is -0.283. The highest BCUT2D eigenvalue weighted by Gasteiger charge is 2.54. The van der Waals surface area contributed by atoms with Gasteiger partial charge in [0.2, 0.25) is 0 Å². The van der Waals surface area contributed by atoms with Gasteiger partial charge in [0.25, 0.3) is 0 Å². The second-order valence-corrected chi connectivity index (χ2v) is 10.6. The van der Waals surface area contributed by atoms with Crippen LogP contribution in [0, 0.1) is 0 Å². The van der Waals surface area contributed by atoms with E-state index in [4.69, 9.17) is 18.9 Å². The first-order chi connectivity index (χ1) is 20.4. The Bertz CT molecular complexity index is 1520. The number of halogens is 3. The molecule has 1 aliphatic heterocycles. The van der Waals surface area contributed by atoms with Crippen molar-refractivity contribution >= 4 is 28.0 Å². The quantitative estimate of drug-likeness (QED) is 0.162. The first-order valence-corrected chi connectivity index (χ1v) is 13.9. The molecule has 1 saturated heterocycles. The topological polar surface area (TPSA) is 152 Å². The van der Waals surface area contributed by atoms with Crippen molar-refractivity contribution in [2.75, 3.05) is 6.61 Å². The van der Waals surface area contributed by atoms with Crippen LogP contribution in [0.2, 0.25) is 0 Å². The fraction of sp³-hybridized carbons (Fsp3) is 0.250. The number of rotatable bonds is 9. The monoisotopic (exact) mass is 624 g/mol. The van der Waals surface area contributed by atoms with E-state index in [0.717, 1.165) is 0 Å². The number of ether oxygens (including phenoxy) is 4. The van der Waals surface area contributed by atoms with Crippen LogP contribution in [0.4, 0.5) is 13.2 Å². The number of esters is 3. The molecular weight excluding hydrogens is 601 g/mol. The zero-order valence-corrected chi connectivity index (χ0v) is 22.6. The molecule has 0 bridgehead atoms. The minimum absolute atomic E-state index is 0.00222. The predicted molar refractivity (Wildman–Crippen MR) is 139 cm³/mol. The second kappa shape index (κ2) is 13.3. The molecule has 15 heteroatoms. The molecule has 0 amide bonds. The molecule has 0 saturated carbocycles. The van der Waals surface area contributed by atoms with E-state index in [1.807, 2.05) is 0 Å². The number of aliphatic hydroxyl groups excluding tert-OH is 1. The van der Waals surface area contributed by atoms with E-state index >= 15 is 0 Å². The number of benzene rings is 3. The van der Waals surface area contributed by atoms with Crippen molar-refractivity contribution in [2.24, 2.45) is 0 Å². The van der Waals surface area contributed by atoms with Crippen LogP contribution in [0.5, 0.6) is 0 Å². The standard InChI is InChI=1S/C28H23F3O11S/c29-28(30,31)43(36,37)38-16-20-21(40-24(32)17-10-4-1-5-11-17)22(41-25(33)18-12-6-2-7-13-18)23(27(35)39-20)42-26(34)19-14-8-3-9-15-19/h1-15,20-23,27,35H,16H2/t20-,21-,22-,23-,27-/m1/s1. The molecule has 3 aromatic rings. The van der Waals surface area contributed by atoms with Crippen molar-refractivity contribution < 1.29 is 64.2 Å². The lowest BCUT2D eigenvalue weighted by Crippen LogP contribution is -2.62. The Hall–Kier alpha value is -4.31. The summed E-state index contributed by atoms with van der Waals surface area (Å²) >= 11 is 0. The fourth-order valence-electron chi connectivity index (χ4n) is 3.95. The molecule has 0 aromatic heterocycles. The summed E-state index contributed by atoms with van der Waals surface area (Å²) in [5, 5.41) is 10.8.